The Hall–Kier alpha value is -3.38. The monoisotopic (exact) mass is 419 g/mol. The number of aliphatic hydroxyl groups excluding tert-OH is 1. The second-order valence-corrected chi connectivity index (χ2v) is 7.47. The van der Waals surface area contributed by atoms with Crippen molar-refractivity contribution in [1.29, 1.82) is 0 Å². The molecule has 30 heavy (non-hydrogen) atoms. The van der Waals surface area contributed by atoms with E-state index in [1.54, 1.807) is 22.8 Å². The second kappa shape index (κ2) is 8.55. The van der Waals surface area contributed by atoms with Gasteiger partial charge in [-0.25, -0.2) is 0 Å². The molecular weight excluding hydrogens is 396 g/mol. The number of thiocarbonyl (C=S) groups is 1. The summed E-state index contributed by atoms with van der Waals surface area (Å²) < 4.78 is 13.1. The first-order chi connectivity index (χ1) is 14.5. The van der Waals surface area contributed by atoms with Gasteiger partial charge < -0.3 is 19.9 Å². The van der Waals surface area contributed by atoms with Crippen LogP contribution in [0.3, 0.4) is 0 Å². The van der Waals surface area contributed by atoms with E-state index < -0.39 is 0 Å². The molecule has 1 aliphatic heterocycles. The Labute approximate surface area is 181 Å². The molecular formula is C24H23N2O3S+. The van der Waals surface area contributed by atoms with Gasteiger partial charge in [-0.1, -0.05) is 36.5 Å². The Bertz CT molecular complexity index is 1110. The van der Waals surface area contributed by atoms with E-state index in [9.17, 15) is 5.11 Å². The fourth-order valence-electron chi connectivity index (χ4n) is 3.41. The molecule has 0 bridgehead atoms. The molecule has 0 atom stereocenters. The van der Waals surface area contributed by atoms with Crippen molar-refractivity contribution in [2.75, 3.05) is 18.5 Å². The number of nitrogens with one attached hydrogen (secondary N) is 1. The number of hydrogen-bond acceptors (Lipinski definition) is 4. The predicted molar refractivity (Wildman–Crippen MR) is 122 cm³/mol. The molecule has 2 N–H and O–H groups in total. The van der Waals surface area contributed by atoms with E-state index in [0.717, 1.165) is 16.8 Å². The summed E-state index contributed by atoms with van der Waals surface area (Å²) in [5.74, 6) is 1.33. The van der Waals surface area contributed by atoms with Crippen molar-refractivity contribution < 1.29 is 19.1 Å². The SMILES string of the molecule is Cc1cccc(C)c1NC(=S)/C(=C(/O)c1ccc2c(c1)OCCO2)[n+]1ccccc1. The van der Waals surface area contributed by atoms with Gasteiger partial charge in [0.15, 0.2) is 34.6 Å². The Morgan fingerprint density at radius 2 is 1.60 bits per heavy atom. The highest BCUT2D eigenvalue weighted by atomic mass is 32.1. The zero-order chi connectivity index (χ0) is 21.1. The minimum atomic E-state index is 0.0481. The van der Waals surface area contributed by atoms with Gasteiger partial charge in [0, 0.05) is 23.4 Å². The van der Waals surface area contributed by atoms with Crippen molar-refractivity contribution in [3.63, 3.8) is 0 Å². The van der Waals surface area contributed by atoms with Crippen LogP contribution in [0.1, 0.15) is 16.7 Å². The Morgan fingerprint density at radius 3 is 2.30 bits per heavy atom. The zero-order valence-corrected chi connectivity index (χ0v) is 17.7. The average molecular weight is 420 g/mol. The molecule has 2 aromatic carbocycles. The highest BCUT2D eigenvalue weighted by Gasteiger charge is 2.25. The van der Waals surface area contributed by atoms with Crippen LogP contribution in [-0.4, -0.2) is 23.3 Å². The highest BCUT2D eigenvalue weighted by Crippen LogP contribution is 2.33. The van der Waals surface area contributed by atoms with Crippen molar-refractivity contribution in [2.24, 2.45) is 0 Å². The molecule has 0 aliphatic carbocycles. The summed E-state index contributed by atoms with van der Waals surface area (Å²) in [6.07, 6.45) is 3.70. The number of pyridine rings is 1. The topological polar surface area (TPSA) is 54.6 Å². The van der Waals surface area contributed by atoms with Crippen LogP contribution >= 0.6 is 12.2 Å². The summed E-state index contributed by atoms with van der Waals surface area (Å²) in [6, 6.07) is 17.1. The quantitative estimate of drug-likeness (QED) is 0.278. The predicted octanol–water partition coefficient (Wildman–Crippen LogP) is 4.69. The van der Waals surface area contributed by atoms with Gasteiger partial charge in [0.1, 0.15) is 13.2 Å². The van der Waals surface area contributed by atoms with Gasteiger partial charge in [-0.2, -0.15) is 4.57 Å². The number of rotatable bonds is 4. The molecule has 0 fully saturated rings. The molecule has 2 heterocycles. The summed E-state index contributed by atoms with van der Waals surface area (Å²) in [4.78, 5) is 0.413. The number of ether oxygens (including phenoxy) is 2. The Balaban J connectivity index is 1.79. The van der Waals surface area contributed by atoms with E-state index in [-0.39, 0.29) is 5.76 Å². The molecule has 0 spiro atoms. The molecule has 4 rings (SSSR count). The van der Waals surface area contributed by atoms with Crippen LogP contribution in [-0.2, 0) is 0 Å². The summed E-state index contributed by atoms with van der Waals surface area (Å²) in [6.45, 7) is 5.05. The number of aliphatic hydroxyl groups is 1. The van der Waals surface area contributed by atoms with E-state index in [0.29, 0.717) is 41.0 Å². The molecule has 1 aliphatic rings. The van der Waals surface area contributed by atoms with Crippen LogP contribution in [0.5, 0.6) is 11.5 Å². The first-order valence-corrected chi connectivity index (χ1v) is 10.1. The maximum atomic E-state index is 11.3. The normalized spacial score (nSPS) is 13.4. The van der Waals surface area contributed by atoms with E-state index in [4.69, 9.17) is 21.7 Å². The third-order valence-corrected chi connectivity index (χ3v) is 5.24. The van der Waals surface area contributed by atoms with Gasteiger partial charge >= 0.3 is 0 Å². The van der Waals surface area contributed by atoms with Crippen molar-refractivity contribution in [1.82, 2.24) is 0 Å². The third-order valence-electron chi connectivity index (χ3n) is 4.95. The van der Waals surface area contributed by atoms with Crippen molar-refractivity contribution in [3.05, 3.63) is 83.7 Å². The minimum Gasteiger partial charge on any atom is -0.502 e. The van der Waals surface area contributed by atoms with Gasteiger partial charge in [-0.05, 0) is 43.2 Å². The fourth-order valence-corrected chi connectivity index (χ4v) is 3.71. The van der Waals surface area contributed by atoms with Crippen LogP contribution in [0.15, 0.2) is 67.0 Å². The molecule has 0 unspecified atom stereocenters. The van der Waals surface area contributed by atoms with Gasteiger partial charge in [0.2, 0.25) is 0 Å². The maximum absolute atomic E-state index is 11.3. The summed E-state index contributed by atoms with van der Waals surface area (Å²) >= 11 is 5.75. The van der Waals surface area contributed by atoms with Gasteiger partial charge in [0.25, 0.3) is 5.70 Å². The van der Waals surface area contributed by atoms with Crippen LogP contribution in [0.25, 0.3) is 11.5 Å². The maximum Gasteiger partial charge on any atom is 0.288 e. The van der Waals surface area contributed by atoms with Crippen molar-refractivity contribution >= 4 is 34.3 Å². The fraction of sp³-hybridized carbons (Fsp3) is 0.167. The number of para-hydroxylation sites is 1. The van der Waals surface area contributed by atoms with E-state index in [2.05, 4.69) is 5.32 Å². The van der Waals surface area contributed by atoms with Gasteiger partial charge in [-0.3, -0.25) is 0 Å². The summed E-state index contributed by atoms with van der Waals surface area (Å²) in [5, 5.41) is 14.6. The van der Waals surface area contributed by atoms with Crippen LogP contribution in [0.2, 0.25) is 0 Å². The lowest BCUT2D eigenvalue weighted by molar-refractivity contribution is -0.575. The summed E-state index contributed by atoms with van der Waals surface area (Å²) in [7, 11) is 0. The number of fused-ring (bicyclic) bond motifs is 1. The first-order valence-electron chi connectivity index (χ1n) is 9.72. The molecule has 0 saturated heterocycles. The van der Waals surface area contributed by atoms with E-state index in [1.807, 2.05) is 62.6 Å². The number of anilines is 1. The van der Waals surface area contributed by atoms with Gasteiger partial charge in [-0.15, -0.1) is 0 Å². The van der Waals surface area contributed by atoms with Gasteiger partial charge in [0.05, 0.1) is 0 Å². The number of benzene rings is 2. The zero-order valence-electron chi connectivity index (χ0n) is 16.9. The van der Waals surface area contributed by atoms with Crippen molar-refractivity contribution in [3.8, 4) is 11.5 Å². The van der Waals surface area contributed by atoms with Crippen LogP contribution in [0, 0.1) is 13.8 Å². The lowest BCUT2D eigenvalue weighted by atomic mass is 10.1. The number of aromatic nitrogens is 1. The average Bonchev–Trinajstić information content (AvgIpc) is 2.77. The molecule has 0 radical (unpaired) electrons. The lowest BCUT2D eigenvalue weighted by Gasteiger charge is -2.19. The summed E-state index contributed by atoms with van der Waals surface area (Å²) in [5.41, 5.74) is 4.16. The molecule has 6 heteroatoms. The molecule has 152 valence electrons. The van der Waals surface area contributed by atoms with E-state index in [1.165, 1.54) is 0 Å². The molecule has 0 amide bonds. The highest BCUT2D eigenvalue weighted by molar-refractivity contribution is 7.81. The first kappa shape index (κ1) is 19.9. The smallest absolute Gasteiger partial charge is 0.288 e. The molecule has 5 nitrogen and oxygen atoms in total. The number of aryl methyl sites for hydroxylation is 2. The largest absolute Gasteiger partial charge is 0.502 e. The van der Waals surface area contributed by atoms with Crippen LogP contribution < -0.4 is 19.4 Å². The Morgan fingerprint density at radius 1 is 0.933 bits per heavy atom. The third kappa shape index (κ3) is 4.00. The Kier molecular flexibility index (Phi) is 5.68. The molecule has 1 aromatic heterocycles. The number of hydrogen-bond donors (Lipinski definition) is 2. The van der Waals surface area contributed by atoms with Crippen LogP contribution in [0.4, 0.5) is 5.69 Å². The molecule has 0 saturated carbocycles. The van der Waals surface area contributed by atoms with Crippen molar-refractivity contribution in [2.45, 2.75) is 13.8 Å². The number of nitrogens with zero attached hydrogens (tertiary/aromatic N) is 1. The second-order valence-electron chi connectivity index (χ2n) is 7.06. The lowest BCUT2D eigenvalue weighted by Crippen LogP contribution is -2.38. The minimum absolute atomic E-state index is 0.0481. The molecule has 3 aromatic rings. The standard InChI is InChI=1S/C24H22N2O3S/c1-16-7-6-8-17(2)21(16)25-24(30)22(26-11-4-3-5-12-26)23(27)18-9-10-19-20(15-18)29-14-13-28-19/h3-12,15H,13-14H2,1-2H3,(H-,25,27,30)/p+1. The van der Waals surface area contributed by atoms with E-state index >= 15 is 0 Å².